The molecule has 19 heavy (non-hydrogen) atoms. The van der Waals surface area contributed by atoms with Gasteiger partial charge in [-0.25, -0.2) is 9.78 Å². The van der Waals surface area contributed by atoms with Gasteiger partial charge in [0, 0.05) is 25.2 Å². The number of esters is 1. The maximum Gasteiger partial charge on any atom is 0.351 e. The minimum atomic E-state index is -0.439. The van der Waals surface area contributed by atoms with E-state index in [0.29, 0.717) is 22.1 Å². The first-order valence-electron chi connectivity index (χ1n) is 6.26. The van der Waals surface area contributed by atoms with Crippen LogP contribution in [-0.4, -0.2) is 48.1 Å². The molecule has 1 aromatic heterocycles. The number of hydrogen-bond acceptors (Lipinski definition) is 6. The van der Waals surface area contributed by atoms with Crippen molar-refractivity contribution < 1.29 is 9.53 Å². The first-order chi connectivity index (χ1) is 9.01. The Hall–Kier alpha value is -0.850. The Morgan fingerprint density at radius 1 is 1.63 bits per heavy atom. The zero-order valence-corrected chi connectivity index (χ0v) is 12.8. The topological polar surface area (TPSA) is 54.5 Å². The van der Waals surface area contributed by atoms with Gasteiger partial charge in [0.2, 0.25) is 0 Å². The van der Waals surface area contributed by atoms with Gasteiger partial charge in [-0.1, -0.05) is 22.9 Å². The minimum Gasteiger partial charge on any atom is -0.465 e. The molecule has 0 spiro atoms. The van der Waals surface area contributed by atoms with Gasteiger partial charge in [0.05, 0.1) is 7.11 Å². The molecule has 0 unspecified atom stereocenters. The summed E-state index contributed by atoms with van der Waals surface area (Å²) in [6.45, 7) is 6.46. The summed E-state index contributed by atoms with van der Waals surface area (Å²) in [5, 5.41) is 4.23. The molecule has 0 radical (unpaired) electrons. The number of nitrogens with zero attached hydrogens (tertiary/aromatic N) is 2. The van der Waals surface area contributed by atoms with Crippen molar-refractivity contribution in [1.29, 1.82) is 0 Å². The Kier molecular flexibility index (Phi) is 4.65. The van der Waals surface area contributed by atoms with Gasteiger partial charge in [-0.2, -0.15) is 0 Å². The third-order valence-corrected chi connectivity index (χ3v) is 4.59. The maximum absolute atomic E-state index is 11.5. The van der Waals surface area contributed by atoms with Crippen molar-refractivity contribution in [3.05, 3.63) is 10.0 Å². The van der Waals surface area contributed by atoms with Crippen LogP contribution < -0.4 is 5.32 Å². The predicted octanol–water partition coefficient (Wildman–Crippen LogP) is 2.48. The van der Waals surface area contributed by atoms with E-state index in [1.54, 1.807) is 0 Å². The number of thiazole rings is 1. The second kappa shape index (κ2) is 6.07. The summed E-state index contributed by atoms with van der Waals surface area (Å²) >= 11 is 7.17. The maximum atomic E-state index is 11.5. The van der Waals surface area contributed by atoms with E-state index < -0.39 is 5.97 Å². The highest BCUT2D eigenvalue weighted by Crippen LogP contribution is 2.29. The van der Waals surface area contributed by atoms with Crippen LogP contribution in [0.1, 0.15) is 29.9 Å². The molecule has 0 amide bonds. The SMILES string of the molecule is COC(=O)c1sc(N[C@@H]2CCN(C(C)C)C2)nc1Cl. The highest BCUT2D eigenvalue weighted by Gasteiger charge is 2.25. The fourth-order valence-corrected chi connectivity index (χ4v) is 3.31. The van der Waals surface area contributed by atoms with Crippen molar-refractivity contribution in [1.82, 2.24) is 9.88 Å². The lowest BCUT2D eigenvalue weighted by Gasteiger charge is -2.20. The molecule has 2 heterocycles. The van der Waals surface area contributed by atoms with Crippen molar-refractivity contribution in [2.24, 2.45) is 0 Å². The van der Waals surface area contributed by atoms with E-state index in [9.17, 15) is 4.79 Å². The van der Waals surface area contributed by atoms with Gasteiger partial charge in [0.25, 0.3) is 0 Å². The molecule has 1 aliphatic rings. The van der Waals surface area contributed by atoms with E-state index >= 15 is 0 Å². The van der Waals surface area contributed by atoms with Crippen molar-refractivity contribution in [3.8, 4) is 0 Å². The van der Waals surface area contributed by atoms with Gasteiger partial charge in [-0.05, 0) is 20.3 Å². The van der Waals surface area contributed by atoms with Crippen LogP contribution >= 0.6 is 22.9 Å². The second-order valence-electron chi connectivity index (χ2n) is 4.85. The van der Waals surface area contributed by atoms with Crippen molar-refractivity contribution >= 4 is 34.0 Å². The summed E-state index contributed by atoms with van der Waals surface area (Å²) in [7, 11) is 1.34. The number of halogens is 1. The summed E-state index contributed by atoms with van der Waals surface area (Å²) in [6, 6.07) is 0.910. The number of methoxy groups -OCH3 is 1. The van der Waals surface area contributed by atoms with Gasteiger partial charge >= 0.3 is 5.97 Å². The number of aromatic nitrogens is 1. The highest BCUT2D eigenvalue weighted by molar-refractivity contribution is 7.18. The van der Waals surface area contributed by atoms with Crippen LogP contribution in [0, 0.1) is 0 Å². The van der Waals surface area contributed by atoms with E-state index in [1.165, 1.54) is 18.4 Å². The van der Waals surface area contributed by atoms with E-state index in [-0.39, 0.29) is 5.15 Å². The summed E-state index contributed by atoms with van der Waals surface area (Å²) in [5.41, 5.74) is 0. The average molecular weight is 304 g/mol. The van der Waals surface area contributed by atoms with E-state index in [0.717, 1.165) is 19.5 Å². The molecule has 1 N–H and O–H groups in total. The standard InChI is InChI=1S/C12H18ClN3O2S/c1-7(2)16-5-4-8(6-16)14-12-15-10(13)9(19-12)11(17)18-3/h7-8H,4-6H2,1-3H3,(H,14,15)/t8-/m1/s1. The zero-order valence-electron chi connectivity index (χ0n) is 11.3. The smallest absolute Gasteiger partial charge is 0.351 e. The second-order valence-corrected chi connectivity index (χ2v) is 6.21. The fraction of sp³-hybridized carbons (Fsp3) is 0.667. The van der Waals surface area contributed by atoms with Crippen LogP contribution in [0.2, 0.25) is 5.15 Å². The molecule has 1 saturated heterocycles. The average Bonchev–Trinajstić information content (AvgIpc) is 2.96. The monoisotopic (exact) mass is 303 g/mol. The lowest BCUT2D eigenvalue weighted by atomic mass is 10.3. The van der Waals surface area contributed by atoms with Crippen LogP contribution in [-0.2, 0) is 4.74 Å². The van der Waals surface area contributed by atoms with Gasteiger partial charge in [-0.15, -0.1) is 0 Å². The molecule has 1 aromatic rings. The quantitative estimate of drug-likeness (QED) is 0.866. The van der Waals surface area contributed by atoms with Crippen LogP contribution in [0.15, 0.2) is 0 Å². The Balaban J connectivity index is 1.99. The molecule has 106 valence electrons. The highest BCUT2D eigenvalue weighted by atomic mass is 35.5. The summed E-state index contributed by atoms with van der Waals surface area (Å²) in [4.78, 5) is 18.4. The number of carbonyl (C=O) groups excluding carboxylic acids is 1. The number of likely N-dealkylation sites (tertiary alicyclic amines) is 1. The van der Waals surface area contributed by atoms with Gasteiger partial charge < -0.3 is 10.1 Å². The summed E-state index contributed by atoms with van der Waals surface area (Å²) < 4.78 is 4.66. The molecule has 5 nitrogen and oxygen atoms in total. The predicted molar refractivity (Wildman–Crippen MR) is 77.2 cm³/mol. The Labute approximate surface area is 121 Å². The van der Waals surface area contributed by atoms with E-state index in [1.807, 2.05) is 0 Å². The molecule has 1 fully saturated rings. The Morgan fingerprint density at radius 3 is 2.95 bits per heavy atom. The first-order valence-corrected chi connectivity index (χ1v) is 7.46. The van der Waals surface area contributed by atoms with Crippen LogP contribution in [0.5, 0.6) is 0 Å². The van der Waals surface area contributed by atoms with Crippen LogP contribution in [0.3, 0.4) is 0 Å². The normalized spacial score (nSPS) is 19.9. The Morgan fingerprint density at radius 2 is 2.37 bits per heavy atom. The van der Waals surface area contributed by atoms with E-state index in [2.05, 4.69) is 33.8 Å². The molecule has 7 heteroatoms. The number of anilines is 1. The third-order valence-electron chi connectivity index (χ3n) is 3.23. The zero-order chi connectivity index (χ0) is 14.0. The van der Waals surface area contributed by atoms with Crippen LogP contribution in [0.4, 0.5) is 5.13 Å². The number of nitrogens with one attached hydrogen (secondary N) is 1. The molecule has 1 aliphatic heterocycles. The van der Waals surface area contributed by atoms with Crippen LogP contribution in [0.25, 0.3) is 0 Å². The molecule has 1 atom stereocenters. The number of hydrogen-bond donors (Lipinski definition) is 1. The summed E-state index contributed by atoms with van der Waals surface area (Å²) in [5.74, 6) is -0.439. The molecule has 0 aromatic carbocycles. The number of ether oxygens (including phenoxy) is 1. The third kappa shape index (κ3) is 3.38. The van der Waals surface area contributed by atoms with Gasteiger partial charge in [-0.3, -0.25) is 4.90 Å². The molecule has 0 bridgehead atoms. The minimum absolute atomic E-state index is 0.207. The largest absolute Gasteiger partial charge is 0.465 e. The first kappa shape index (κ1) is 14.6. The molecule has 2 rings (SSSR count). The number of carbonyl (C=O) groups is 1. The van der Waals surface area contributed by atoms with Crippen molar-refractivity contribution in [2.75, 3.05) is 25.5 Å². The lowest BCUT2D eigenvalue weighted by molar-refractivity contribution is 0.0606. The lowest BCUT2D eigenvalue weighted by Crippen LogP contribution is -2.31. The van der Waals surface area contributed by atoms with Crippen molar-refractivity contribution in [3.63, 3.8) is 0 Å². The molecular weight excluding hydrogens is 286 g/mol. The van der Waals surface area contributed by atoms with Gasteiger partial charge in [0.1, 0.15) is 0 Å². The molecular formula is C12H18ClN3O2S. The summed E-state index contributed by atoms with van der Waals surface area (Å²) in [6.07, 6.45) is 1.07. The molecule has 0 aliphatic carbocycles. The van der Waals surface area contributed by atoms with E-state index in [4.69, 9.17) is 11.6 Å². The van der Waals surface area contributed by atoms with Gasteiger partial charge in [0.15, 0.2) is 15.2 Å². The fourth-order valence-electron chi connectivity index (χ4n) is 2.13. The molecule has 0 saturated carbocycles. The number of rotatable bonds is 4. The Bertz CT molecular complexity index is 464. The van der Waals surface area contributed by atoms with Crippen molar-refractivity contribution in [2.45, 2.75) is 32.4 Å².